The molecule has 0 radical (unpaired) electrons. The summed E-state index contributed by atoms with van der Waals surface area (Å²) >= 11 is 0. The standard InChI is InChI=1S/C18H15NO7S/c19-18-17(26-27(21,22)9-11-4-2-1-3-5-11)15(20)16(25-18)12-6-7-13-14(8-12)24-10-23-13/h1-8,16H,9-10,19H2/i16D. The predicted octanol–water partition coefficient (Wildman–Crippen LogP) is 1.73. The van der Waals surface area contributed by atoms with Gasteiger partial charge in [0.2, 0.25) is 24.2 Å². The summed E-state index contributed by atoms with van der Waals surface area (Å²) in [5.41, 5.74) is 6.24. The second-order valence-corrected chi connectivity index (χ2v) is 7.36. The molecular formula is C18H15NO7S. The van der Waals surface area contributed by atoms with Crippen LogP contribution in [0.3, 0.4) is 0 Å². The largest absolute Gasteiger partial charge is 0.460 e. The maximum absolute atomic E-state index is 12.8. The zero-order valence-electron chi connectivity index (χ0n) is 14.9. The Labute approximate surface area is 156 Å². The molecule has 2 aromatic carbocycles. The molecule has 0 bridgehead atoms. The fourth-order valence-corrected chi connectivity index (χ4v) is 3.73. The number of ether oxygens (including phenoxy) is 3. The van der Waals surface area contributed by atoms with E-state index in [0.29, 0.717) is 17.1 Å². The highest BCUT2D eigenvalue weighted by Crippen LogP contribution is 2.38. The molecular weight excluding hydrogens is 374 g/mol. The quantitative estimate of drug-likeness (QED) is 0.768. The zero-order chi connectivity index (χ0) is 19.9. The van der Waals surface area contributed by atoms with E-state index in [-0.39, 0.29) is 12.4 Å². The van der Waals surface area contributed by atoms with Gasteiger partial charge in [0.05, 0.1) is 1.37 Å². The fourth-order valence-electron chi connectivity index (χ4n) is 2.66. The summed E-state index contributed by atoms with van der Waals surface area (Å²) in [4.78, 5) is 12.8. The highest BCUT2D eigenvalue weighted by Gasteiger charge is 2.40. The van der Waals surface area contributed by atoms with Gasteiger partial charge < -0.3 is 24.1 Å². The van der Waals surface area contributed by atoms with E-state index in [4.69, 9.17) is 25.5 Å². The molecule has 0 aliphatic carbocycles. The molecule has 140 valence electrons. The smallest absolute Gasteiger partial charge is 0.313 e. The highest BCUT2D eigenvalue weighted by atomic mass is 32.2. The van der Waals surface area contributed by atoms with E-state index in [1.54, 1.807) is 30.3 Å². The molecule has 0 spiro atoms. The average molecular weight is 390 g/mol. The summed E-state index contributed by atoms with van der Waals surface area (Å²) < 4.78 is 53.6. The molecule has 2 aliphatic heterocycles. The Morgan fingerprint density at radius 3 is 2.67 bits per heavy atom. The van der Waals surface area contributed by atoms with Gasteiger partial charge in [0.15, 0.2) is 17.6 Å². The first-order valence-electron chi connectivity index (χ1n) is 8.38. The van der Waals surface area contributed by atoms with E-state index in [9.17, 15) is 13.2 Å². The van der Waals surface area contributed by atoms with E-state index < -0.39 is 39.4 Å². The Hall–Kier alpha value is -3.20. The molecule has 2 heterocycles. The van der Waals surface area contributed by atoms with Crippen molar-refractivity contribution in [3.05, 3.63) is 71.3 Å². The SMILES string of the molecule is [2H]C1(c2ccc3c(c2)OCO3)OC(N)=C(OS(=O)(=O)Cc2ccccc2)C1=O. The van der Waals surface area contributed by atoms with Crippen molar-refractivity contribution in [2.45, 2.75) is 11.8 Å². The second-order valence-electron chi connectivity index (χ2n) is 5.79. The number of rotatable bonds is 5. The van der Waals surface area contributed by atoms with Crippen LogP contribution in [0.15, 0.2) is 60.2 Å². The lowest BCUT2D eigenvalue weighted by Gasteiger charge is -2.10. The van der Waals surface area contributed by atoms with Crippen LogP contribution in [0.1, 0.15) is 18.6 Å². The van der Waals surface area contributed by atoms with Crippen LogP contribution in [-0.4, -0.2) is 21.0 Å². The maximum atomic E-state index is 12.8. The molecule has 8 nitrogen and oxygen atoms in total. The Morgan fingerprint density at radius 2 is 1.89 bits per heavy atom. The number of Topliss-reactive ketones (excluding diaryl/α,β-unsaturated/α-hetero) is 1. The van der Waals surface area contributed by atoms with Gasteiger partial charge in [-0.05, 0) is 17.7 Å². The second kappa shape index (κ2) is 6.51. The molecule has 27 heavy (non-hydrogen) atoms. The van der Waals surface area contributed by atoms with Gasteiger partial charge in [-0.1, -0.05) is 36.4 Å². The van der Waals surface area contributed by atoms with Gasteiger partial charge in [-0.2, -0.15) is 8.42 Å². The molecule has 0 fully saturated rings. The number of carbonyl (C=O) groups excluding carboxylic acids is 1. The molecule has 2 N–H and O–H groups in total. The molecule has 0 amide bonds. The first kappa shape index (κ1) is 16.0. The minimum atomic E-state index is -4.19. The summed E-state index contributed by atoms with van der Waals surface area (Å²) in [5.74, 6) is -1.99. The molecule has 0 aromatic heterocycles. The molecule has 2 aliphatic rings. The number of hydrogen-bond acceptors (Lipinski definition) is 8. The third kappa shape index (κ3) is 3.41. The topological polar surface area (TPSA) is 114 Å². The van der Waals surface area contributed by atoms with Crippen LogP contribution < -0.4 is 15.2 Å². The normalized spacial score (nSPS) is 21.8. The number of hydrogen-bond donors (Lipinski definition) is 1. The van der Waals surface area contributed by atoms with E-state index in [2.05, 4.69) is 0 Å². The molecule has 1 unspecified atom stereocenters. The third-order valence-corrected chi connectivity index (χ3v) is 4.99. The van der Waals surface area contributed by atoms with Gasteiger partial charge in [-0.15, -0.1) is 0 Å². The molecule has 0 saturated carbocycles. The molecule has 0 saturated heterocycles. The molecule has 1 atom stereocenters. The summed E-state index contributed by atoms with van der Waals surface area (Å²) in [6, 6.07) is 12.7. The van der Waals surface area contributed by atoms with Crippen LogP contribution in [0.4, 0.5) is 0 Å². The molecule has 4 rings (SSSR count). The summed E-state index contributed by atoms with van der Waals surface area (Å²) in [5, 5.41) is 0. The van der Waals surface area contributed by atoms with Crippen LogP contribution >= 0.6 is 0 Å². The molecule has 9 heteroatoms. The molecule has 2 aromatic rings. The van der Waals surface area contributed by atoms with Gasteiger partial charge in [0, 0.05) is 5.56 Å². The van der Waals surface area contributed by atoms with E-state index in [1.165, 1.54) is 18.2 Å². The Bertz CT molecular complexity index is 1080. The maximum Gasteiger partial charge on any atom is 0.313 e. The summed E-state index contributed by atoms with van der Waals surface area (Å²) in [7, 11) is -4.19. The summed E-state index contributed by atoms with van der Waals surface area (Å²) in [6.07, 6.45) is -2.29. The van der Waals surface area contributed by atoms with Crippen molar-refractivity contribution < 1.29 is 33.0 Å². The minimum absolute atomic E-state index is 0.0189. The lowest BCUT2D eigenvalue weighted by atomic mass is 10.1. The van der Waals surface area contributed by atoms with Crippen molar-refractivity contribution in [2.75, 3.05) is 6.79 Å². The van der Waals surface area contributed by atoms with Gasteiger partial charge in [-0.25, -0.2) is 0 Å². The van der Waals surface area contributed by atoms with Gasteiger partial charge in [-0.3, -0.25) is 4.79 Å². The third-order valence-electron chi connectivity index (χ3n) is 3.88. The van der Waals surface area contributed by atoms with Crippen LogP contribution in [0.25, 0.3) is 0 Å². The first-order chi connectivity index (χ1) is 13.3. The minimum Gasteiger partial charge on any atom is -0.460 e. The highest BCUT2D eigenvalue weighted by molar-refractivity contribution is 7.86. The average Bonchev–Trinajstić information content (AvgIpc) is 3.20. The lowest BCUT2D eigenvalue weighted by molar-refractivity contribution is -0.123. The van der Waals surface area contributed by atoms with Crippen molar-refractivity contribution in [3.63, 3.8) is 0 Å². The van der Waals surface area contributed by atoms with Crippen LogP contribution in [0.2, 0.25) is 0 Å². The number of fused-ring (bicyclic) bond motifs is 1. The lowest BCUT2D eigenvalue weighted by Crippen LogP contribution is -2.16. The van der Waals surface area contributed by atoms with Crippen LogP contribution in [-0.2, 0) is 29.6 Å². The summed E-state index contributed by atoms with van der Waals surface area (Å²) in [6.45, 7) is 0.0189. The zero-order valence-corrected chi connectivity index (χ0v) is 14.7. The van der Waals surface area contributed by atoms with Crippen molar-refractivity contribution in [1.82, 2.24) is 0 Å². The Morgan fingerprint density at radius 1 is 1.15 bits per heavy atom. The van der Waals surface area contributed by atoms with E-state index in [1.807, 2.05) is 0 Å². The van der Waals surface area contributed by atoms with Gasteiger partial charge in [0.1, 0.15) is 5.75 Å². The first-order valence-corrected chi connectivity index (χ1v) is 9.46. The number of ketones is 1. The van der Waals surface area contributed by atoms with Crippen molar-refractivity contribution in [3.8, 4) is 11.5 Å². The predicted molar refractivity (Wildman–Crippen MR) is 92.8 cm³/mol. The van der Waals surface area contributed by atoms with Crippen molar-refractivity contribution in [1.29, 1.82) is 0 Å². The Balaban J connectivity index is 1.58. The van der Waals surface area contributed by atoms with Gasteiger partial charge >= 0.3 is 10.1 Å². The van der Waals surface area contributed by atoms with Crippen molar-refractivity contribution >= 4 is 15.9 Å². The number of carbonyl (C=O) groups is 1. The van der Waals surface area contributed by atoms with Gasteiger partial charge in [0.25, 0.3) is 0 Å². The monoisotopic (exact) mass is 390 g/mol. The van der Waals surface area contributed by atoms with Crippen LogP contribution in [0.5, 0.6) is 11.5 Å². The van der Waals surface area contributed by atoms with E-state index in [0.717, 1.165) is 0 Å². The fraction of sp³-hybridized carbons (Fsp3) is 0.167. The number of benzene rings is 2. The van der Waals surface area contributed by atoms with E-state index >= 15 is 0 Å². The Kier molecular flexibility index (Phi) is 3.86. The van der Waals surface area contributed by atoms with Crippen LogP contribution in [0, 0.1) is 0 Å². The van der Waals surface area contributed by atoms with Crippen molar-refractivity contribution in [2.24, 2.45) is 5.73 Å². The number of nitrogens with two attached hydrogens (primary N) is 1.